The molecule has 0 saturated carbocycles. The molecular weight excluding hydrogens is 350 g/mol. The first-order valence-electron chi connectivity index (χ1n) is 9.68. The first-order chi connectivity index (χ1) is 13.7. The number of carbonyl (C=O) groups is 2. The molecule has 1 saturated heterocycles. The van der Waals surface area contributed by atoms with Gasteiger partial charge in [-0.15, -0.1) is 0 Å². The number of carbonyl (C=O) groups excluding carboxylic acids is 2. The number of nitrogens with zero attached hydrogens (tertiary/aromatic N) is 1. The van der Waals surface area contributed by atoms with Crippen LogP contribution < -0.4 is 15.5 Å². The van der Waals surface area contributed by atoms with Gasteiger partial charge in [0.2, 0.25) is 11.8 Å². The van der Waals surface area contributed by atoms with Crippen molar-refractivity contribution in [1.29, 1.82) is 0 Å². The lowest BCUT2D eigenvalue weighted by molar-refractivity contribution is -0.124. The fraction of sp³-hybridized carbons (Fsp3) is 0.217. The molecule has 2 heterocycles. The van der Waals surface area contributed by atoms with Crippen LogP contribution in [0.15, 0.2) is 60.7 Å². The zero-order valence-corrected chi connectivity index (χ0v) is 15.4. The maximum Gasteiger partial charge on any atom is 0.241 e. The Bertz CT molecular complexity index is 1070. The molecule has 28 heavy (non-hydrogen) atoms. The smallest absolute Gasteiger partial charge is 0.241 e. The van der Waals surface area contributed by atoms with Gasteiger partial charge in [0.05, 0.1) is 11.4 Å². The summed E-state index contributed by atoms with van der Waals surface area (Å²) in [6.07, 6.45) is 2.15. The van der Waals surface area contributed by atoms with Crippen LogP contribution in [0.25, 0.3) is 10.8 Å². The van der Waals surface area contributed by atoms with Crippen LogP contribution in [0.3, 0.4) is 0 Å². The second-order valence-corrected chi connectivity index (χ2v) is 7.38. The Morgan fingerprint density at radius 2 is 1.75 bits per heavy atom. The molecule has 0 aliphatic carbocycles. The molecule has 2 aliphatic heterocycles. The molecule has 0 spiro atoms. The Morgan fingerprint density at radius 3 is 2.54 bits per heavy atom. The summed E-state index contributed by atoms with van der Waals surface area (Å²) in [5.41, 5.74) is 3.41. The Kier molecular flexibility index (Phi) is 4.10. The van der Waals surface area contributed by atoms with E-state index in [1.165, 1.54) is 12.0 Å². The number of hydrogen-bond acceptors (Lipinski definition) is 3. The van der Waals surface area contributed by atoms with E-state index in [4.69, 9.17) is 0 Å². The van der Waals surface area contributed by atoms with Crippen molar-refractivity contribution in [3.8, 4) is 0 Å². The summed E-state index contributed by atoms with van der Waals surface area (Å²) in [7, 11) is 0. The van der Waals surface area contributed by atoms with Gasteiger partial charge in [-0.05, 0) is 48.5 Å². The van der Waals surface area contributed by atoms with Gasteiger partial charge in [0, 0.05) is 17.1 Å². The molecule has 2 aliphatic rings. The maximum atomic E-state index is 12.9. The van der Waals surface area contributed by atoms with Gasteiger partial charge in [0.15, 0.2) is 0 Å². The topological polar surface area (TPSA) is 61.4 Å². The van der Waals surface area contributed by atoms with Crippen LogP contribution in [-0.2, 0) is 9.59 Å². The van der Waals surface area contributed by atoms with Crippen molar-refractivity contribution in [2.75, 3.05) is 16.8 Å². The summed E-state index contributed by atoms with van der Waals surface area (Å²) in [4.78, 5) is 26.9. The van der Waals surface area contributed by atoms with Gasteiger partial charge in [-0.25, -0.2) is 0 Å². The number of hydrogen-bond donors (Lipinski definition) is 2. The normalized spacial score (nSPS) is 19.4. The highest BCUT2D eigenvalue weighted by atomic mass is 16.2. The predicted molar refractivity (Wildman–Crippen MR) is 111 cm³/mol. The molecule has 5 nitrogen and oxygen atoms in total. The molecule has 0 radical (unpaired) electrons. The summed E-state index contributed by atoms with van der Waals surface area (Å²) in [6.45, 7) is 1.05. The van der Waals surface area contributed by atoms with E-state index in [0.717, 1.165) is 29.4 Å². The van der Waals surface area contributed by atoms with Crippen molar-refractivity contribution < 1.29 is 9.59 Å². The first kappa shape index (κ1) is 17.0. The summed E-state index contributed by atoms with van der Waals surface area (Å²) in [6, 6.07) is 20.3. The van der Waals surface area contributed by atoms with Crippen LogP contribution in [0.1, 0.15) is 30.9 Å². The molecule has 2 N–H and O–H groups in total. The minimum atomic E-state index is -0.281. The number of anilines is 3. The largest absolute Gasteiger partial charge is 0.323 e. The van der Waals surface area contributed by atoms with Crippen LogP contribution in [-0.4, -0.2) is 18.4 Å². The third-order valence-electron chi connectivity index (χ3n) is 5.59. The fourth-order valence-electron chi connectivity index (χ4n) is 4.22. The Balaban J connectivity index is 1.61. The standard InChI is InChI=1S/C23H21N3O2/c27-21-14-22(28)26(17-10-7-16(8-11-17)19-6-3-13-24-19)20-12-9-15-4-1-2-5-18(15)23(20)25-21/h1-2,4-5,7-12,19,24H,3,6,13-14H2,(H,25,27). The second kappa shape index (κ2) is 6.77. The van der Waals surface area contributed by atoms with E-state index in [-0.39, 0.29) is 18.2 Å². The third kappa shape index (κ3) is 2.84. The van der Waals surface area contributed by atoms with Crippen molar-refractivity contribution in [3.05, 3.63) is 66.2 Å². The molecule has 5 heteroatoms. The summed E-state index contributed by atoms with van der Waals surface area (Å²) < 4.78 is 0. The van der Waals surface area contributed by atoms with Gasteiger partial charge in [0.25, 0.3) is 0 Å². The van der Waals surface area contributed by atoms with Crippen LogP contribution in [0.2, 0.25) is 0 Å². The van der Waals surface area contributed by atoms with E-state index in [0.29, 0.717) is 17.4 Å². The van der Waals surface area contributed by atoms with Gasteiger partial charge in [-0.2, -0.15) is 0 Å². The number of benzene rings is 3. The van der Waals surface area contributed by atoms with E-state index in [1.807, 2.05) is 48.5 Å². The Morgan fingerprint density at radius 1 is 0.929 bits per heavy atom. The summed E-state index contributed by atoms with van der Waals surface area (Å²) >= 11 is 0. The van der Waals surface area contributed by atoms with E-state index in [2.05, 4.69) is 22.8 Å². The highest BCUT2D eigenvalue weighted by Gasteiger charge is 2.29. The molecule has 1 unspecified atom stereocenters. The average molecular weight is 371 g/mol. The van der Waals surface area contributed by atoms with Crippen LogP contribution in [0.5, 0.6) is 0 Å². The third-order valence-corrected chi connectivity index (χ3v) is 5.59. The van der Waals surface area contributed by atoms with Gasteiger partial charge in [-0.1, -0.05) is 42.5 Å². The quantitative estimate of drug-likeness (QED) is 0.661. The second-order valence-electron chi connectivity index (χ2n) is 7.38. The zero-order chi connectivity index (χ0) is 19.1. The number of amides is 2. The number of nitrogens with one attached hydrogen (secondary N) is 2. The summed E-state index contributed by atoms with van der Waals surface area (Å²) in [5.74, 6) is -0.504. The van der Waals surface area contributed by atoms with Crippen molar-refractivity contribution in [3.63, 3.8) is 0 Å². The lowest BCUT2D eigenvalue weighted by atomic mass is 10.0. The molecular formula is C23H21N3O2. The molecule has 2 amide bonds. The van der Waals surface area contributed by atoms with E-state index >= 15 is 0 Å². The van der Waals surface area contributed by atoms with E-state index in [1.54, 1.807) is 4.90 Å². The predicted octanol–water partition coefficient (Wildman–Crippen LogP) is 4.27. The highest BCUT2D eigenvalue weighted by molar-refractivity contribution is 6.21. The molecule has 5 rings (SSSR count). The van der Waals surface area contributed by atoms with Gasteiger partial charge < -0.3 is 10.6 Å². The van der Waals surface area contributed by atoms with Crippen LogP contribution in [0.4, 0.5) is 17.1 Å². The molecule has 0 bridgehead atoms. The molecule has 0 aromatic heterocycles. The Labute approximate surface area is 163 Å². The molecule has 140 valence electrons. The molecule has 1 fully saturated rings. The maximum absolute atomic E-state index is 12.9. The minimum Gasteiger partial charge on any atom is -0.323 e. The first-order valence-corrected chi connectivity index (χ1v) is 9.68. The minimum absolute atomic E-state index is 0.172. The van der Waals surface area contributed by atoms with Gasteiger partial charge in [0.1, 0.15) is 6.42 Å². The highest BCUT2D eigenvalue weighted by Crippen LogP contribution is 2.40. The van der Waals surface area contributed by atoms with Gasteiger partial charge >= 0.3 is 0 Å². The average Bonchev–Trinajstić information content (AvgIpc) is 3.21. The van der Waals surface area contributed by atoms with Crippen LogP contribution >= 0.6 is 0 Å². The fourth-order valence-corrected chi connectivity index (χ4v) is 4.22. The lowest BCUT2D eigenvalue weighted by Gasteiger charge is -2.24. The van der Waals surface area contributed by atoms with Crippen molar-refractivity contribution in [1.82, 2.24) is 5.32 Å². The molecule has 3 aromatic carbocycles. The van der Waals surface area contributed by atoms with Crippen molar-refractivity contribution in [2.45, 2.75) is 25.3 Å². The van der Waals surface area contributed by atoms with E-state index < -0.39 is 0 Å². The van der Waals surface area contributed by atoms with Gasteiger partial charge in [-0.3, -0.25) is 14.5 Å². The van der Waals surface area contributed by atoms with Crippen LogP contribution in [0, 0.1) is 0 Å². The molecule has 1 atom stereocenters. The monoisotopic (exact) mass is 371 g/mol. The zero-order valence-electron chi connectivity index (χ0n) is 15.4. The SMILES string of the molecule is O=C1CC(=O)N(c2ccc(C3CCCN3)cc2)c2ccc3ccccc3c2N1. The lowest BCUT2D eigenvalue weighted by Crippen LogP contribution is -2.26. The van der Waals surface area contributed by atoms with E-state index in [9.17, 15) is 9.59 Å². The molecule has 3 aromatic rings. The number of fused-ring (bicyclic) bond motifs is 3. The number of rotatable bonds is 2. The summed E-state index contributed by atoms with van der Waals surface area (Å²) in [5, 5.41) is 8.39. The Hall–Kier alpha value is -3.18. The van der Waals surface area contributed by atoms with Crippen molar-refractivity contribution in [2.24, 2.45) is 0 Å². The van der Waals surface area contributed by atoms with Crippen molar-refractivity contribution >= 4 is 39.6 Å².